The van der Waals surface area contributed by atoms with E-state index < -0.39 is 0 Å². The Kier molecular flexibility index (Phi) is 3.23. The summed E-state index contributed by atoms with van der Waals surface area (Å²) in [6, 6.07) is 7.62. The van der Waals surface area contributed by atoms with Crippen molar-refractivity contribution in [2.24, 2.45) is 4.99 Å². The first-order chi connectivity index (χ1) is 6.31. The normalized spacial score (nSPS) is 9.08. The molecule has 0 aromatic heterocycles. The van der Waals surface area contributed by atoms with E-state index in [1.807, 2.05) is 31.1 Å². The van der Waals surface area contributed by atoms with Crippen molar-refractivity contribution >= 4 is 11.7 Å². The molecule has 1 aromatic rings. The molecule has 0 atom stereocenters. The molecule has 0 fully saturated rings. The zero-order valence-corrected chi connectivity index (χ0v) is 7.79. The van der Waals surface area contributed by atoms with Crippen LogP contribution < -0.4 is 4.74 Å². The van der Waals surface area contributed by atoms with Crippen molar-refractivity contribution < 1.29 is 4.74 Å². The van der Waals surface area contributed by atoms with Crippen molar-refractivity contribution in [2.75, 3.05) is 7.11 Å². The summed E-state index contributed by atoms with van der Waals surface area (Å²) in [6.07, 6.45) is 0.873. The quantitative estimate of drug-likeness (QED) is 0.707. The van der Waals surface area contributed by atoms with Crippen LogP contribution in [0.5, 0.6) is 5.75 Å². The standard InChI is InChI=1S/C10H12N2O/c1-3-8-6-9(13-2)4-5-10(8)12-7-11/h4-6,11H,3H2,1-2H3. The summed E-state index contributed by atoms with van der Waals surface area (Å²) in [6.45, 7) is 2.04. The van der Waals surface area contributed by atoms with Crippen molar-refractivity contribution in [2.45, 2.75) is 13.3 Å². The lowest BCUT2D eigenvalue weighted by molar-refractivity contribution is 0.414. The predicted octanol–water partition coefficient (Wildman–Crippen LogP) is 2.64. The molecular weight excluding hydrogens is 164 g/mol. The molecule has 1 N–H and O–H groups in total. The average molecular weight is 176 g/mol. The van der Waals surface area contributed by atoms with E-state index in [9.17, 15) is 0 Å². The lowest BCUT2D eigenvalue weighted by Gasteiger charge is -2.04. The van der Waals surface area contributed by atoms with E-state index in [1.54, 1.807) is 7.11 Å². The Morgan fingerprint density at radius 3 is 2.85 bits per heavy atom. The van der Waals surface area contributed by atoms with Crippen LogP contribution in [0.2, 0.25) is 0 Å². The van der Waals surface area contributed by atoms with E-state index >= 15 is 0 Å². The van der Waals surface area contributed by atoms with E-state index in [-0.39, 0.29) is 0 Å². The van der Waals surface area contributed by atoms with Crippen LogP contribution in [-0.2, 0) is 6.42 Å². The Balaban J connectivity index is 3.15. The molecule has 0 heterocycles. The summed E-state index contributed by atoms with van der Waals surface area (Å²) in [7, 11) is 1.63. The second-order valence-electron chi connectivity index (χ2n) is 2.57. The lowest BCUT2D eigenvalue weighted by atomic mass is 10.1. The van der Waals surface area contributed by atoms with Gasteiger partial charge < -0.3 is 4.74 Å². The summed E-state index contributed by atoms with van der Waals surface area (Å²) in [5.74, 6) is 0.820. The molecule has 3 heteroatoms. The van der Waals surface area contributed by atoms with E-state index in [2.05, 4.69) is 4.99 Å². The molecule has 3 nitrogen and oxygen atoms in total. The highest BCUT2D eigenvalue weighted by Crippen LogP contribution is 2.24. The molecular formula is C10H12N2O. The van der Waals surface area contributed by atoms with Crippen molar-refractivity contribution in [1.29, 1.82) is 5.41 Å². The Hall–Kier alpha value is -1.60. The fourth-order valence-corrected chi connectivity index (χ4v) is 1.14. The molecule has 0 saturated heterocycles. The number of aryl methyl sites for hydroxylation is 1. The third-order valence-corrected chi connectivity index (χ3v) is 1.84. The fraction of sp³-hybridized carbons (Fsp3) is 0.300. The highest BCUT2D eigenvalue weighted by atomic mass is 16.5. The number of aliphatic imine (C=N–C) groups is 1. The summed E-state index contributed by atoms with van der Waals surface area (Å²) < 4.78 is 5.08. The molecule has 13 heavy (non-hydrogen) atoms. The molecule has 68 valence electrons. The maximum Gasteiger partial charge on any atom is 0.119 e. The zero-order chi connectivity index (χ0) is 9.68. The van der Waals surface area contributed by atoms with Gasteiger partial charge in [0, 0.05) is 0 Å². The molecule has 0 amide bonds. The highest BCUT2D eigenvalue weighted by molar-refractivity contribution is 5.56. The van der Waals surface area contributed by atoms with Gasteiger partial charge in [0.1, 0.15) is 5.75 Å². The van der Waals surface area contributed by atoms with Gasteiger partial charge in [-0.1, -0.05) is 6.92 Å². The van der Waals surface area contributed by atoms with Gasteiger partial charge in [-0.25, -0.2) is 5.41 Å². The van der Waals surface area contributed by atoms with Gasteiger partial charge in [0.2, 0.25) is 0 Å². The first-order valence-corrected chi connectivity index (χ1v) is 4.11. The van der Waals surface area contributed by atoms with Gasteiger partial charge in [-0.3, -0.25) is 0 Å². The summed E-state index contributed by atoms with van der Waals surface area (Å²) in [5.41, 5.74) is 1.86. The number of hydrogen-bond donors (Lipinski definition) is 1. The largest absolute Gasteiger partial charge is 0.497 e. The maximum absolute atomic E-state index is 6.76. The number of benzene rings is 1. The van der Waals surface area contributed by atoms with E-state index in [0.717, 1.165) is 23.4 Å². The van der Waals surface area contributed by atoms with E-state index in [4.69, 9.17) is 10.1 Å². The molecule has 1 aromatic carbocycles. The first-order valence-electron chi connectivity index (χ1n) is 4.11. The van der Waals surface area contributed by atoms with Gasteiger partial charge in [0.05, 0.1) is 18.8 Å². The zero-order valence-electron chi connectivity index (χ0n) is 7.79. The molecule has 0 aliphatic rings. The number of hydrogen-bond acceptors (Lipinski definition) is 3. The molecule has 1 rings (SSSR count). The van der Waals surface area contributed by atoms with Crippen molar-refractivity contribution in [3.63, 3.8) is 0 Å². The molecule has 0 unspecified atom stereocenters. The minimum Gasteiger partial charge on any atom is -0.497 e. The van der Waals surface area contributed by atoms with Crippen LogP contribution in [0.4, 0.5) is 5.69 Å². The topological polar surface area (TPSA) is 45.4 Å². The minimum atomic E-state index is 0.790. The Morgan fingerprint density at radius 1 is 1.54 bits per heavy atom. The summed E-state index contributed by atoms with van der Waals surface area (Å²) in [5, 5.41) is 6.76. The number of ether oxygens (including phenoxy) is 1. The van der Waals surface area contributed by atoms with Crippen LogP contribution >= 0.6 is 0 Å². The number of nitrogens with zero attached hydrogens (tertiary/aromatic N) is 1. The Labute approximate surface area is 77.6 Å². The van der Waals surface area contributed by atoms with Gasteiger partial charge in [-0.15, -0.1) is 0 Å². The van der Waals surface area contributed by atoms with Crippen LogP contribution in [-0.4, -0.2) is 13.1 Å². The van der Waals surface area contributed by atoms with Crippen LogP contribution in [0.1, 0.15) is 12.5 Å². The molecule has 0 saturated carbocycles. The monoisotopic (exact) mass is 176 g/mol. The predicted molar refractivity (Wildman–Crippen MR) is 52.2 cm³/mol. The van der Waals surface area contributed by atoms with Gasteiger partial charge >= 0.3 is 0 Å². The second kappa shape index (κ2) is 4.43. The summed E-state index contributed by atoms with van der Waals surface area (Å²) in [4.78, 5) is 3.81. The molecule has 0 spiro atoms. The van der Waals surface area contributed by atoms with Gasteiger partial charge in [-0.05, 0) is 30.2 Å². The number of nitrogens with one attached hydrogen (secondary N) is 1. The summed E-state index contributed by atoms with van der Waals surface area (Å²) >= 11 is 0. The van der Waals surface area contributed by atoms with Gasteiger partial charge in [0.25, 0.3) is 0 Å². The number of methoxy groups -OCH3 is 1. The van der Waals surface area contributed by atoms with Crippen molar-refractivity contribution in [3.05, 3.63) is 23.8 Å². The van der Waals surface area contributed by atoms with Gasteiger partial charge in [0.15, 0.2) is 0 Å². The third-order valence-electron chi connectivity index (χ3n) is 1.84. The van der Waals surface area contributed by atoms with Gasteiger partial charge in [-0.2, -0.15) is 4.99 Å². The van der Waals surface area contributed by atoms with Crippen molar-refractivity contribution in [3.8, 4) is 5.75 Å². The van der Waals surface area contributed by atoms with E-state index in [0.29, 0.717) is 0 Å². The van der Waals surface area contributed by atoms with Crippen LogP contribution in [0.3, 0.4) is 0 Å². The second-order valence-corrected chi connectivity index (χ2v) is 2.57. The Bertz CT molecular complexity index is 341. The maximum atomic E-state index is 6.76. The third kappa shape index (κ3) is 2.17. The smallest absolute Gasteiger partial charge is 0.119 e. The molecule has 0 bridgehead atoms. The SMILES string of the molecule is CCc1cc(OC)ccc1N=C=N. The molecule has 0 aliphatic heterocycles. The number of rotatable bonds is 3. The fourth-order valence-electron chi connectivity index (χ4n) is 1.14. The highest BCUT2D eigenvalue weighted by Gasteiger charge is 2.00. The van der Waals surface area contributed by atoms with Crippen molar-refractivity contribution in [1.82, 2.24) is 0 Å². The van der Waals surface area contributed by atoms with Crippen LogP contribution in [0, 0.1) is 5.41 Å². The minimum absolute atomic E-state index is 0.790. The van der Waals surface area contributed by atoms with E-state index in [1.165, 1.54) is 0 Å². The van der Waals surface area contributed by atoms with Crippen LogP contribution in [0.25, 0.3) is 0 Å². The first kappa shape index (κ1) is 9.49. The van der Waals surface area contributed by atoms with Crippen LogP contribution in [0.15, 0.2) is 23.2 Å². The average Bonchev–Trinajstić information content (AvgIpc) is 2.19. The lowest BCUT2D eigenvalue weighted by Crippen LogP contribution is -1.86. The molecule has 0 radical (unpaired) electrons. The molecule has 0 aliphatic carbocycles. The Morgan fingerprint density at radius 2 is 2.31 bits per heavy atom.